The lowest BCUT2D eigenvalue weighted by Gasteiger charge is -2.25. The molecule has 0 aromatic carbocycles. The van der Waals surface area contributed by atoms with Gasteiger partial charge in [-0.2, -0.15) is 5.26 Å². The summed E-state index contributed by atoms with van der Waals surface area (Å²) in [4.78, 5) is 0. The van der Waals surface area contributed by atoms with Crippen molar-refractivity contribution in [1.82, 2.24) is 0 Å². The lowest BCUT2D eigenvalue weighted by Crippen LogP contribution is -2.41. The van der Waals surface area contributed by atoms with E-state index in [1.54, 1.807) is 14.0 Å². The first-order chi connectivity index (χ1) is 7.43. The standard InChI is InChI=1S/C11H19NO3S/c1-4-16(13,14)11(8-12)6-10(7-15-3)5-9(11)2/h9-10H,4-7H2,1-3H3/t9-,10+,11+/m1/s1. The van der Waals surface area contributed by atoms with Gasteiger partial charge in [0.2, 0.25) is 0 Å². The van der Waals surface area contributed by atoms with Crippen LogP contribution in [0.3, 0.4) is 0 Å². The van der Waals surface area contributed by atoms with Gasteiger partial charge >= 0.3 is 0 Å². The molecule has 16 heavy (non-hydrogen) atoms. The molecule has 0 aromatic heterocycles. The Morgan fingerprint density at radius 2 is 2.19 bits per heavy atom. The lowest BCUT2D eigenvalue weighted by atomic mass is 9.99. The summed E-state index contributed by atoms with van der Waals surface area (Å²) >= 11 is 0. The molecule has 0 heterocycles. The highest BCUT2D eigenvalue weighted by atomic mass is 32.2. The number of sulfone groups is 1. The van der Waals surface area contributed by atoms with Gasteiger partial charge in [-0.05, 0) is 24.7 Å². The molecule has 0 N–H and O–H groups in total. The molecule has 1 rings (SSSR count). The van der Waals surface area contributed by atoms with Crippen molar-refractivity contribution in [3.05, 3.63) is 0 Å². The van der Waals surface area contributed by atoms with Crippen LogP contribution in [-0.2, 0) is 14.6 Å². The molecule has 0 radical (unpaired) electrons. The minimum Gasteiger partial charge on any atom is -0.384 e. The van der Waals surface area contributed by atoms with Crippen LogP contribution in [0.25, 0.3) is 0 Å². The third kappa shape index (κ3) is 1.96. The molecular formula is C11H19NO3S. The van der Waals surface area contributed by atoms with Gasteiger partial charge in [0.1, 0.15) is 0 Å². The first kappa shape index (κ1) is 13.5. The summed E-state index contributed by atoms with van der Waals surface area (Å²) in [5.74, 6) is 0.105. The summed E-state index contributed by atoms with van der Waals surface area (Å²) in [6.45, 7) is 3.99. The largest absolute Gasteiger partial charge is 0.384 e. The van der Waals surface area contributed by atoms with E-state index >= 15 is 0 Å². The van der Waals surface area contributed by atoms with Crippen molar-refractivity contribution < 1.29 is 13.2 Å². The number of nitriles is 1. The highest BCUT2D eigenvalue weighted by molar-refractivity contribution is 7.93. The second-order valence-corrected chi connectivity index (χ2v) is 7.10. The lowest BCUT2D eigenvalue weighted by molar-refractivity contribution is 0.153. The molecule has 1 aliphatic rings. The summed E-state index contributed by atoms with van der Waals surface area (Å²) in [6.07, 6.45) is 1.16. The summed E-state index contributed by atoms with van der Waals surface area (Å²) in [7, 11) is -1.72. The van der Waals surface area contributed by atoms with E-state index in [9.17, 15) is 13.7 Å². The first-order valence-corrected chi connectivity index (χ1v) is 7.21. The number of methoxy groups -OCH3 is 1. The van der Waals surface area contributed by atoms with Crippen LogP contribution in [-0.4, -0.2) is 32.6 Å². The van der Waals surface area contributed by atoms with Crippen molar-refractivity contribution >= 4 is 9.84 Å². The van der Waals surface area contributed by atoms with Crippen molar-refractivity contribution in [2.24, 2.45) is 11.8 Å². The van der Waals surface area contributed by atoms with Gasteiger partial charge in [-0.3, -0.25) is 0 Å². The van der Waals surface area contributed by atoms with Crippen molar-refractivity contribution in [2.75, 3.05) is 19.5 Å². The Morgan fingerprint density at radius 1 is 1.56 bits per heavy atom. The highest BCUT2D eigenvalue weighted by Crippen LogP contribution is 2.45. The molecular weight excluding hydrogens is 226 g/mol. The molecule has 0 amide bonds. The zero-order chi connectivity index (χ0) is 12.4. The van der Waals surface area contributed by atoms with Crippen molar-refractivity contribution in [1.29, 1.82) is 5.26 Å². The molecule has 3 atom stereocenters. The molecule has 5 heteroatoms. The Hall–Kier alpha value is -0.600. The quantitative estimate of drug-likeness (QED) is 0.750. The molecule has 0 spiro atoms. The van der Waals surface area contributed by atoms with E-state index in [1.807, 2.05) is 6.92 Å². The Morgan fingerprint density at radius 3 is 2.62 bits per heavy atom. The van der Waals surface area contributed by atoms with Gasteiger partial charge in [-0.25, -0.2) is 8.42 Å². The third-order valence-corrected chi connectivity index (χ3v) is 6.13. The molecule has 1 fully saturated rings. The topological polar surface area (TPSA) is 67.2 Å². The number of hydrogen-bond donors (Lipinski definition) is 0. The summed E-state index contributed by atoms with van der Waals surface area (Å²) in [6, 6.07) is 2.06. The maximum absolute atomic E-state index is 12.1. The summed E-state index contributed by atoms with van der Waals surface area (Å²) in [5.41, 5.74) is 0. The van der Waals surface area contributed by atoms with E-state index in [1.165, 1.54) is 0 Å². The van der Waals surface area contributed by atoms with E-state index in [2.05, 4.69) is 6.07 Å². The van der Waals surface area contributed by atoms with Gasteiger partial charge in [0.25, 0.3) is 0 Å². The van der Waals surface area contributed by atoms with Crippen LogP contribution < -0.4 is 0 Å². The second-order valence-electron chi connectivity index (χ2n) is 4.57. The Balaban J connectivity index is 3.04. The zero-order valence-electron chi connectivity index (χ0n) is 10.1. The highest BCUT2D eigenvalue weighted by Gasteiger charge is 2.53. The SMILES string of the molecule is CCS(=O)(=O)[C@]1(C#N)C[C@@H](COC)C[C@H]1C. The van der Waals surface area contributed by atoms with Gasteiger partial charge in [-0.15, -0.1) is 0 Å². The van der Waals surface area contributed by atoms with Gasteiger partial charge < -0.3 is 4.74 Å². The van der Waals surface area contributed by atoms with Crippen LogP contribution in [0.1, 0.15) is 26.7 Å². The molecule has 0 aliphatic heterocycles. The fourth-order valence-corrected chi connectivity index (χ4v) is 4.54. The minimum atomic E-state index is -3.33. The van der Waals surface area contributed by atoms with Crippen LogP contribution in [0.5, 0.6) is 0 Å². The summed E-state index contributed by atoms with van der Waals surface area (Å²) < 4.78 is 28.0. The Kier molecular flexibility index (Phi) is 3.97. The maximum atomic E-state index is 12.1. The van der Waals surface area contributed by atoms with Crippen LogP contribution in [0.4, 0.5) is 0 Å². The monoisotopic (exact) mass is 245 g/mol. The average Bonchev–Trinajstić information content (AvgIpc) is 2.57. The molecule has 92 valence electrons. The van der Waals surface area contributed by atoms with Crippen molar-refractivity contribution in [3.8, 4) is 6.07 Å². The number of ether oxygens (including phenoxy) is 1. The number of rotatable bonds is 4. The Labute approximate surface area is 97.5 Å². The van der Waals surface area contributed by atoms with Gasteiger partial charge in [0, 0.05) is 19.5 Å². The maximum Gasteiger partial charge on any atom is 0.169 e. The molecule has 1 aliphatic carbocycles. The van der Waals surface area contributed by atoms with Crippen LogP contribution in [0.15, 0.2) is 0 Å². The van der Waals surface area contributed by atoms with Gasteiger partial charge in [0.15, 0.2) is 14.6 Å². The van der Waals surface area contributed by atoms with Crippen molar-refractivity contribution in [3.63, 3.8) is 0 Å². The number of hydrogen-bond acceptors (Lipinski definition) is 4. The van der Waals surface area contributed by atoms with Crippen LogP contribution in [0.2, 0.25) is 0 Å². The van der Waals surface area contributed by atoms with E-state index in [0.29, 0.717) is 13.0 Å². The molecule has 4 nitrogen and oxygen atoms in total. The zero-order valence-corrected chi connectivity index (χ0v) is 10.9. The normalized spacial score (nSPS) is 34.9. The summed E-state index contributed by atoms with van der Waals surface area (Å²) in [5, 5.41) is 9.27. The van der Waals surface area contributed by atoms with Gasteiger partial charge in [-0.1, -0.05) is 13.8 Å². The van der Waals surface area contributed by atoms with Gasteiger partial charge in [0.05, 0.1) is 6.07 Å². The Bertz CT molecular complexity index is 385. The molecule has 0 bridgehead atoms. The van der Waals surface area contributed by atoms with Crippen molar-refractivity contribution in [2.45, 2.75) is 31.4 Å². The first-order valence-electron chi connectivity index (χ1n) is 5.56. The predicted octanol–water partition coefficient (Wildman–Crippen LogP) is 1.38. The average molecular weight is 245 g/mol. The van der Waals surface area contributed by atoms with E-state index in [-0.39, 0.29) is 17.6 Å². The smallest absolute Gasteiger partial charge is 0.169 e. The molecule has 1 saturated carbocycles. The second kappa shape index (κ2) is 4.72. The fourth-order valence-electron chi connectivity index (χ4n) is 2.68. The molecule has 0 saturated heterocycles. The van der Waals surface area contributed by atoms with E-state index in [4.69, 9.17) is 4.74 Å². The fraction of sp³-hybridized carbons (Fsp3) is 0.909. The molecule has 0 unspecified atom stereocenters. The number of nitrogens with zero attached hydrogens (tertiary/aromatic N) is 1. The molecule has 0 aromatic rings. The predicted molar refractivity (Wildman–Crippen MR) is 61.6 cm³/mol. The van der Waals surface area contributed by atoms with E-state index < -0.39 is 14.6 Å². The van der Waals surface area contributed by atoms with Crippen LogP contribution >= 0.6 is 0 Å². The van der Waals surface area contributed by atoms with Crippen LogP contribution in [0, 0.1) is 23.2 Å². The van der Waals surface area contributed by atoms with E-state index in [0.717, 1.165) is 6.42 Å². The third-order valence-electron chi connectivity index (χ3n) is 3.60. The minimum absolute atomic E-state index is 0.0323.